The molecule has 1 atom stereocenters. The Morgan fingerprint density at radius 1 is 1.23 bits per heavy atom. The van der Waals surface area contributed by atoms with Gasteiger partial charge in [0.15, 0.2) is 0 Å². The molecule has 2 aliphatic carbocycles. The van der Waals surface area contributed by atoms with Gasteiger partial charge in [0.2, 0.25) is 0 Å². The predicted molar refractivity (Wildman–Crippen MR) is 82.2 cm³/mol. The monoisotopic (exact) mass is 296 g/mol. The molecule has 1 fully saturated rings. The van der Waals surface area contributed by atoms with Crippen LogP contribution in [0.2, 0.25) is 0 Å². The van der Waals surface area contributed by atoms with Gasteiger partial charge in [0.25, 0.3) is 0 Å². The second kappa shape index (κ2) is 4.63. The number of carbonyl (C=O) groups is 1. The fraction of sp³-hybridized carbons (Fsp3) is 0.333. The first kappa shape index (κ1) is 13.4. The van der Waals surface area contributed by atoms with E-state index in [0.717, 1.165) is 29.8 Å². The van der Waals surface area contributed by atoms with Crippen molar-refractivity contribution in [3.8, 4) is 5.69 Å². The Morgan fingerprint density at radius 3 is 2.77 bits per heavy atom. The molecule has 3 nitrogen and oxygen atoms in total. The van der Waals surface area contributed by atoms with E-state index in [0.29, 0.717) is 18.6 Å². The normalized spacial score (nSPS) is 23.7. The average molecular weight is 296 g/mol. The van der Waals surface area contributed by atoms with E-state index < -0.39 is 0 Å². The van der Waals surface area contributed by atoms with Gasteiger partial charge in [-0.1, -0.05) is 5.57 Å². The summed E-state index contributed by atoms with van der Waals surface area (Å²) in [5.74, 6) is 0.0822. The maximum atomic E-state index is 13.1. The zero-order valence-electron chi connectivity index (χ0n) is 12.5. The van der Waals surface area contributed by atoms with E-state index in [1.54, 1.807) is 12.1 Å². The lowest BCUT2D eigenvalue weighted by atomic mass is 9.65. The lowest BCUT2D eigenvalue weighted by molar-refractivity contribution is -0.127. The first-order chi connectivity index (χ1) is 10.6. The maximum Gasteiger partial charge on any atom is 0.143 e. The molecule has 1 heterocycles. The number of benzene rings is 1. The number of nitrogens with zero attached hydrogens (tertiary/aromatic N) is 2. The van der Waals surface area contributed by atoms with Gasteiger partial charge in [-0.3, -0.25) is 4.79 Å². The van der Waals surface area contributed by atoms with E-state index >= 15 is 0 Å². The Bertz CT molecular complexity index is 788. The number of aromatic nitrogens is 2. The highest BCUT2D eigenvalue weighted by atomic mass is 19.1. The van der Waals surface area contributed by atoms with Crippen LogP contribution < -0.4 is 0 Å². The highest BCUT2D eigenvalue weighted by molar-refractivity contribution is 5.91. The molecule has 4 heteroatoms. The number of carbonyl (C=O) groups excluding carboxylic acids is 1. The van der Waals surface area contributed by atoms with Crippen LogP contribution in [0, 0.1) is 11.2 Å². The third-order valence-corrected chi connectivity index (χ3v) is 4.99. The molecule has 2 aromatic rings. The minimum atomic E-state index is -0.359. The van der Waals surface area contributed by atoms with E-state index in [9.17, 15) is 9.18 Å². The lowest BCUT2D eigenvalue weighted by Crippen LogP contribution is -2.37. The average Bonchev–Trinajstić information content (AvgIpc) is 2.89. The first-order valence-corrected chi connectivity index (χ1v) is 7.65. The number of fused-ring (bicyclic) bond motifs is 2. The largest absolute Gasteiger partial charge is 0.299 e. The molecule has 0 radical (unpaired) electrons. The van der Waals surface area contributed by atoms with Crippen LogP contribution in [0.4, 0.5) is 4.39 Å². The lowest BCUT2D eigenvalue weighted by Gasteiger charge is -2.37. The molecule has 0 saturated heterocycles. The summed E-state index contributed by atoms with van der Waals surface area (Å²) in [6, 6.07) is 6.32. The van der Waals surface area contributed by atoms with Crippen molar-refractivity contribution >= 4 is 11.9 Å². The molecular formula is C18H17FN2O. The Morgan fingerprint density at radius 2 is 2.00 bits per heavy atom. The van der Waals surface area contributed by atoms with E-state index in [-0.39, 0.29) is 11.2 Å². The number of allylic oxidation sites excluding steroid dienone is 1. The molecule has 1 saturated carbocycles. The van der Waals surface area contributed by atoms with E-state index in [4.69, 9.17) is 0 Å². The van der Waals surface area contributed by atoms with Gasteiger partial charge in [-0.2, -0.15) is 5.10 Å². The summed E-state index contributed by atoms with van der Waals surface area (Å²) < 4.78 is 14.9. The molecule has 1 aromatic heterocycles. The van der Waals surface area contributed by atoms with Crippen molar-refractivity contribution in [3.63, 3.8) is 0 Å². The first-order valence-electron chi connectivity index (χ1n) is 7.65. The summed E-state index contributed by atoms with van der Waals surface area (Å²) in [5, 5.41) is 4.45. The van der Waals surface area contributed by atoms with Crippen LogP contribution in [0.25, 0.3) is 11.8 Å². The third-order valence-electron chi connectivity index (χ3n) is 4.99. The molecule has 0 unspecified atom stereocenters. The molecule has 22 heavy (non-hydrogen) atoms. The van der Waals surface area contributed by atoms with Crippen LogP contribution in [-0.2, 0) is 11.2 Å². The van der Waals surface area contributed by atoms with Crippen LogP contribution in [-0.4, -0.2) is 15.6 Å². The SMILES string of the molecule is C[C@@]12Cc3cnn(-c4ccc(F)cc4)c3C=C1CCCC2=O. The molecule has 0 aliphatic heterocycles. The van der Waals surface area contributed by atoms with Gasteiger partial charge in [-0.15, -0.1) is 0 Å². The maximum absolute atomic E-state index is 13.1. The van der Waals surface area contributed by atoms with Crippen molar-refractivity contribution in [2.75, 3.05) is 0 Å². The van der Waals surface area contributed by atoms with Crippen LogP contribution in [0.3, 0.4) is 0 Å². The Kier molecular flexibility index (Phi) is 2.83. The van der Waals surface area contributed by atoms with Gasteiger partial charge >= 0.3 is 0 Å². The number of halogens is 1. The Labute approximate surface area is 128 Å². The second-order valence-corrected chi connectivity index (χ2v) is 6.40. The summed E-state index contributed by atoms with van der Waals surface area (Å²) in [5.41, 5.74) is 3.80. The highest BCUT2D eigenvalue weighted by Crippen LogP contribution is 2.45. The summed E-state index contributed by atoms with van der Waals surface area (Å²) in [7, 11) is 0. The number of hydrogen-bond acceptors (Lipinski definition) is 2. The van der Waals surface area contributed by atoms with Gasteiger partial charge < -0.3 is 0 Å². The molecule has 112 valence electrons. The fourth-order valence-corrected chi connectivity index (χ4v) is 3.63. The molecule has 0 amide bonds. The fourth-order valence-electron chi connectivity index (χ4n) is 3.63. The minimum Gasteiger partial charge on any atom is -0.299 e. The van der Waals surface area contributed by atoms with Crippen molar-refractivity contribution < 1.29 is 9.18 Å². The molecular weight excluding hydrogens is 279 g/mol. The van der Waals surface area contributed by atoms with Gasteiger partial charge in [0.05, 0.1) is 23.0 Å². The second-order valence-electron chi connectivity index (χ2n) is 6.40. The zero-order chi connectivity index (χ0) is 15.3. The van der Waals surface area contributed by atoms with Gasteiger partial charge in [0, 0.05) is 6.42 Å². The minimum absolute atomic E-state index is 0.256. The molecule has 1 aromatic carbocycles. The third kappa shape index (κ3) is 1.86. The Hall–Kier alpha value is -2.23. The van der Waals surface area contributed by atoms with Crippen LogP contribution in [0.1, 0.15) is 37.4 Å². The number of Topliss-reactive ketones (excluding diaryl/α,β-unsaturated/α-hetero) is 1. The number of hydrogen-bond donors (Lipinski definition) is 0. The molecule has 0 bridgehead atoms. The van der Waals surface area contributed by atoms with Gasteiger partial charge in [-0.25, -0.2) is 9.07 Å². The van der Waals surface area contributed by atoms with E-state index in [1.165, 1.54) is 17.7 Å². The smallest absolute Gasteiger partial charge is 0.143 e. The summed E-state index contributed by atoms with van der Waals surface area (Å²) in [6.45, 7) is 2.05. The van der Waals surface area contributed by atoms with E-state index in [1.807, 2.05) is 10.9 Å². The van der Waals surface area contributed by atoms with Crippen LogP contribution >= 0.6 is 0 Å². The molecule has 0 N–H and O–H groups in total. The Balaban J connectivity index is 1.82. The highest BCUT2D eigenvalue weighted by Gasteiger charge is 2.42. The standard InChI is InChI=1S/C18H17FN2O/c1-18-10-12-11-20-21(15-7-5-14(19)6-8-15)16(12)9-13(18)3-2-4-17(18)22/h5-9,11H,2-4,10H2,1H3/t18-/m1/s1. The zero-order valence-corrected chi connectivity index (χ0v) is 12.5. The number of rotatable bonds is 1. The molecule has 2 aliphatic rings. The predicted octanol–water partition coefficient (Wildman–Crippen LogP) is 3.71. The summed E-state index contributed by atoms with van der Waals surface area (Å²) >= 11 is 0. The topological polar surface area (TPSA) is 34.9 Å². The summed E-state index contributed by atoms with van der Waals surface area (Å²) in [4.78, 5) is 12.4. The van der Waals surface area contributed by atoms with E-state index in [2.05, 4.69) is 18.1 Å². The summed E-state index contributed by atoms with van der Waals surface area (Å²) in [6.07, 6.45) is 7.24. The number of ketones is 1. The van der Waals surface area contributed by atoms with Crippen molar-refractivity contribution in [1.29, 1.82) is 0 Å². The van der Waals surface area contributed by atoms with Crippen LogP contribution in [0.15, 0.2) is 36.0 Å². The van der Waals surface area contributed by atoms with Crippen LogP contribution in [0.5, 0.6) is 0 Å². The van der Waals surface area contributed by atoms with Gasteiger partial charge in [-0.05, 0) is 62.1 Å². The van der Waals surface area contributed by atoms with Crippen molar-refractivity contribution in [3.05, 3.63) is 53.1 Å². The quantitative estimate of drug-likeness (QED) is 0.804. The molecule has 0 spiro atoms. The molecule has 4 rings (SSSR count). The van der Waals surface area contributed by atoms with Crippen molar-refractivity contribution in [2.45, 2.75) is 32.6 Å². The van der Waals surface area contributed by atoms with Gasteiger partial charge in [0.1, 0.15) is 11.6 Å². The van der Waals surface area contributed by atoms with Crippen molar-refractivity contribution in [2.24, 2.45) is 5.41 Å². The van der Waals surface area contributed by atoms with Crippen molar-refractivity contribution in [1.82, 2.24) is 9.78 Å².